The molecule has 8 nitrogen and oxygen atoms in total. The van der Waals surface area contributed by atoms with Gasteiger partial charge in [0.05, 0.1) is 12.8 Å². The van der Waals surface area contributed by atoms with Gasteiger partial charge in [0, 0.05) is 17.3 Å². The van der Waals surface area contributed by atoms with Crippen molar-refractivity contribution in [2.45, 2.75) is 13.5 Å². The third-order valence-electron chi connectivity index (χ3n) is 4.02. The molecule has 0 atom stereocenters. The number of aromatic nitrogens is 6. The van der Waals surface area contributed by atoms with E-state index in [0.717, 1.165) is 17.0 Å². The van der Waals surface area contributed by atoms with Crippen LogP contribution in [0.25, 0.3) is 17.0 Å². The van der Waals surface area contributed by atoms with E-state index in [1.54, 1.807) is 17.6 Å². The summed E-state index contributed by atoms with van der Waals surface area (Å²) in [6.07, 6.45) is 0. The number of ether oxygens (including phenoxy) is 1. The fourth-order valence-corrected chi connectivity index (χ4v) is 2.78. The Labute approximate surface area is 148 Å². The van der Waals surface area contributed by atoms with E-state index in [9.17, 15) is 4.79 Å². The molecule has 0 aliphatic heterocycles. The van der Waals surface area contributed by atoms with E-state index in [-0.39, 0.29) is 12.1 Å². The summed E-state index contributed by atoms with van der Waals surface area (Å²) in [5, 5.41) is 12.5. The number of hydrogen-bond acceptors (Lipinski definition) is 6. The summed E-state index contributed by atoms with van der Waals surface area (Å²) < 4.78 is 6.78. The number of pyridine rings is 1. The Morgan fingerprint density at radius 3 is 2.81 bits per heavy atom. The summed E-state index contributed by atoms with van der Waals surface area (Å²) in [6.45, 7) is 2.13. The molecule has 1 aromatic carbocycles. The number of methoxy groups -OCH3 is 1. The fourth-order valence-electron chi connectivity index (χ4n) is 2.78. The Morgan fingerprint density at radius 2 is 1.96 bits per heavy atom. The second-order valence-electron chi connectivity index (χ2n) is 5.82. The van der Waals surface area contributed by atoms with Crippen molar-refractivity contribution in [3.63, 3.8) is 0 Å². The quantitative estimate of drug-likeness (QED) is 0.558. The van der Waals surface area contributed by atoms with Gasteiger partial charge in [0.25, 0.3) is 5.56 Å². The number of tetrazole rings is 1. The summed E-state index contributed by atoms with van der Waals surface area (Å²) >= 11 is 0. The van der Waals surface area contributed by atoms with Gasteiger partial charge in [-0.15, -0.1) is 10.2 Å². The lowest BCUT2D eigenvalue weighted by Gasteiger charge is -2.05. The zero-order valence-corrected chi connectivity index (χ0v) is 14.3. The van der Waals surface area contributed by atoms with Crippen molar-refractivity contribution >= 4 is 5.65 Å². The van der Waals surface area contributed by atoms with Crippen LogP contribution in [0, 0.1) is 6.92 Å². The lowest BCUT2D eigenvalue weighted by molar-refractivity contribution is 0.415. The molecule has 0 saturated heterocycles. The van der Waals surface area contributed by atoms with Crippen LogP contribution < -0.4 is 10.3 Å². The molecule has 0 aliphatic carbocycles. The first kappa shape index (κ1) is 15.9. The lowest BCUT2D eigenvalue weighted by atomic mass is 10.2. The molecule has 0 fully saturated rings. The Morgan fingerprint density at radius 1 is 1.12 bits per heavy atom. The minimum absolute atomic E-state index is 0.128. The molecule has 0 radical (unpaired) electrons. The Hall–Kier alpha value is -3.55. The molecule has 3 aromatic heterocycles. The van der Waals surface area contributed by atoms with Gasteiger partial charge in [0.1, 0.15) is 17.9 Å². The second kappa shape index (κ2) is 6.40. The predicted molar refractivity (Wildman–Crippen MR) is 95.1 cm³/mol. The maximum absolute atomic E-state index is 12.4. The molecular weight excluding hydrogens is 332 g/mol. The summed E-state index contributed by atoms with van der Waals surface area (Å²) in [4.78, 5) is 18.3. The molecule has 4 rings (SSSR count). The molecule has 0 bridgehead atoms. The third kappa shape index (κ3) is 2.92. The van der Waals surface area contributed by atoms with Crippen LogP contribution in [-0.4, -0.2) is 36.7 Å². The number of nitrogens with zero attached hydrogens (tertiary/aromatic N) is 6. The highest BCUT2D eigenvalue weighted by molar-refractivity contribution is 5.56. The first-order chi connectivity index (χ1) is 12.6. The van der Waals surface area contributed by atoms with Crippen LogP contribution in [0.4, 0.5) is 0 Å². The van der Waals surface area contributed by atoms with E-state index >= 15 is 0 Å². The zero-order chi connectivity index (χ0) is 18.1. The van der Waals surface area contributed by atoms with Gasteiger partial charge in [-0.1, -0.05) is 18.2 Å². The van der Waals surface area contributed by atoms with Gasteiger partial charge in [0.15, 0.2) is 0 Å². The predicted octanol–water partition coefficient (Wildman–Crippen LogP) is 1.71. The van der Waals surface area contributed by atoms with E-state index in [1.807, 2.05) is 43.3 Å². The Bertz CT molecular complexity index is 1150. The van der Waals surface area contributed by atoms with Crippen LogP contribution in [-0.2, 0) is 6.54 Å². The van der Waals surface area contributed by atoms with E-state index in [1.165, 1.54) is 10.9 Å². The van der Waals surface area contributed by atoms with E-state index in [4.69, 9.17) is 4.74 Å². The normalized spacial score (nSPS) is 11.0. The van der Waals surface area contributed by atoms with Crippen LogP contribution in [0.3, 0.4) is 0 Å². The summed E-state index contributed by atoms with van der Waals surface area (Å²) in [6, 6.07) is 14.5. The van der Waals surface area contributed by atoms with Crippen LogP contribution in [0.5, 0.6) is 5.75 Å². The van der Waals surface area contributed by atoms with Gasteiger partial charge in [-0.05, 0) is 36.4 Å². The molecule has 0 amide bonds. The van der Waals surface area contributed by atoms with Crippen LogP contribution >= 0.6 is 0 Å². The number of aryl methyl sites for hydroxylation is 1. The van der Waals surface area contributed by atoms with Crippen molar-refractivity contribution in [3.05, 3.63) is 70.3 Å². The van der Waals surface area contributed by atoms with Crippen molar-refractivity contribution < 1.29 is 4.74 Å². The number of benzene rings is 1. The van der Waals surface area contributed by atoms with Gasteiger partial charge in [-0.3, -0.25) is 9.20 Å². The highest BCUT2D eigenvalue weighted by Gasteiger charge is 2.10. The van der Waals surface area contributed by atoms with Gasteiger partial charge >= 0.3 is 0 Å². The molecule has 26 heavy (non-hydrogen) atoms. The number of rotatable bonds is 4. The first-order valence-corrected chi connectivity index (χ1v) is 8.04. The molecule has 0 N–H and O–H groups in total. The van der Waals surface area contributed by atoms with Crippen molar-refractivity contribution in [2.24, 2.45) is 0 Å². The summed E-state index contributed by atoms with van der Waals surface area (Å²) in [5.41, 5.74) is 2.69. The topological polar surface area (TPSA) is 87.2 Å². The standard InChI is InChI=1S/C18H16N6O2/c1-12-5-3-8-16-19-14(10-17(25)24(12)16)11-23-21-18(20-22-23)13-6-4-7-15(9-13)26-2/h3-10H,11H2,1-2H3. The van der Waals surface area contributed by atoms with Gasteiger partial charge < -0.3 is 4.74 Å². The Kier molecular flexibility index (Phi) is 3.92. The Balaban J connectivity index is 1.65. The largest absolute Gasteiger partial charge is 0.497 e. The summed E-state index contributed by atoms with van der Waals surface area (Å²) in [7, 11) is 1.61. The van der Waals surface area contributed by atoms with Crippen LogP contribution in [0.15, 0.2) is 53.3 Å². The molecule has 0 spiro atoms. The monoisotopic (exact) mass is 348 g/mol. The molecular formula is C18H16N6O2. The van der Waals surface area contributed by atoms with Crippen molar-refractivity contribution in [2.75, 3.05) is 7.11 Å². The highest BCUT2D eigenvalue weighted by Crippen LogP contribution is 2.19. The smallest absolute Gasteiger partial charge is 0.258 e. The number of fused-ring (bicyclic) bond motifs is 1. The van der Waals surface area contributed by atoms with E-state index in [0.29, 0.717) is 17.2 Å². The van der Waals surface area contributed by atoms with Crippen molar-refractivity contribution in [1.82, 2.24) is 29.6 Å². The van der Waals surface area contributed by atoms with Crippen molar-refractivity contribution in [1.29, 1.82) is 0 Å². The average molecular weight is 348 g/mol. The van der Waals surface area contributed by atoms with Crippen LogP contribution in [0.1, 0.15) is 11.4 Å². The molecule has 3 heterocycles. The number of hydrogen-bond donors (Lipinski definition) is 0. The highest BCUT2D eigenvalue weighted by atomic mass is 16.5. The maximum Gasteiger partial charge on any atom is 0.258 e. The van der Waals surface area contributed by atoms with Gasteiger partial charge in [-0.2, -0.15) is 4.80 Å². The minimum atomic E-state index is -0.128. The van der Waals surface area contributed by atoms with Gasteiger partial charge in [0.2, 0.25) is 5.82 Å². The fraction of sp³-hybridized carbons (Fsp3) is 0.167. The molecule has 0 saturated carbocycles. The SMILES string of the molecule is COc1cccc(-c2nnn(Cc3cc(=O)n4c(C)cccc4n3)n2)c1. The molecule has 0 unspecified atom stereocenters. The van der Waals surface area contributed by atoms with Gasteiger partial charge in [-0.25, -0.2) is 4.98 Å². The van der Waals surface area contributed by atoms with Crippen molar-refractivity contribution in [3.8, 4) is 17.1 Å². The lowest BCUT2D eigenvalue weighted by Crippen LogP contribution is -2.19. The third-order valence-corrected chi connectivity index (χ3v) is 4.02. The minimum Gasteiger partial charge on any atom is -0.497 e. The molecule has 8 heteroatoms. The average Bonchev–Trinajstić information content (AvgIpc) is 3.10. The first-order valence-electron chi connectivity index (χ1n) is 8.04. The molecule has 0 aliphatic rings. The second-order valence-corrected chi connectivity index (χ2v) is 5.82. The van der Waals surface area contributed by atoms with E-state index in [2.05, 4.69) is 20.4 Å². The maximum atomic E-state index is 12.4. The summed E-state index contributed by atoms with van der Waals surface area (Å²) in [5.74, 6) is 1.20. The molecule has 130 valence electrons. The van der Waals surface area contributed by atoms with Crippen LogP contribution in [0.2, 0.25) is 0 Å². The zero-order valence-electron chi connectivity index (χ0n) is 14.3. The molecule has 4 aromatic rings. The van der Waals surface area contributed by atoms with E-state index < -0.39 is 0 Å².